The van der Waals surface area contributed by atoms with Gasteiger partial charge in [0.1, 0.15) is 5.82 Å². The first-order valence-corrected chi connectivity index (χ1v) is 13.7. The van der Waals surface area contributed by atoms with Crippen molar-refractivity contribution in [3.63, 3.8) is 0 Å². The predicted molar refractivity (Wildman–Crippen MR) is 154 cm³/mol. The van der Waals surface area contributed by atoms with Gasteiger partial charge in [-0.1, -0.05) is 79.3 Å². The fourth-order valence-electron chi connectivity index (χ4n) is 7.27. The third-order valence-electron chi connectivity index (χ3n) is 8.75. The number of nitrogens with zero attached hydrogens (tertiary/aromatic N) is 1. The molecule has 0 amide bonds. The lowest BCUT2D eigenvalue weighted by Crippen LogP contribution is -2.54. The summed E-state index contributed by atoms with van der Waals surface area (Å²) in [7, 11) is 2.26. The van der Waals surface area contributed by atoms with Gasteiger partial charge in [-0.15, -0.1) is 0 Å². The van der Waals surface area contributed by atoms with Crippen molar-refractivity contribution in [3.8, 4) is 0 Å². The summed E-state index contributed by atoms with van der Waals surface area (Å²) in [6.07, 6.45) is 8.34. The summed E-state index contributed by atoms with van der Waals surface area (Å²) in [4.78, 5) is 2.51. The van der Waals surface area contributed by atoms with Crippen LogP contribution in [0, 0.1) is 30.5 Å². The third kappa shape index (κ3) is 4.58. The molecule has 2 aromatic carbocycles. The van der Waals surface area contributed by atoms with Gasteiger partial charge in [0.25, 0.3) is 0 Å². The Kier molecular flexibility index (Phi) is 9.79. The molecule has 2 aliphatic carbocycles. The van der Waals surface area contributed by atoms with Crippen LogP contribution in [0.15, 0.2) is 36.9 Å². The minimum atomic E-state index is -0.124. The predicted octanol–water partition coefficient (Wildman–Crippen LogP) is 9.91. The molecule has 35 heavy (non-hydrogen) atoms. The Morgan fingerprint density at radius 1 is 1.09 bits per heavy atom. The van der Waals surface area contributed by atoms with Crippen LogP contribution in [-0.2, 0) is 12.0 Å². The summed E-state index contributed by atoms with van der Waals surface area (Å²) < 4.78 is 14.1. The third-order valence-corrected chi connectivity index (χ3v) is 8.75. The van der Waals surface area contributed by atoms with Gasteiger partial charge in [0.15, 0.2) is 0 Å². The Bertz CT molecular complexity index is 1010. The summed E-state index contributed by atoms with van der Waals surface area (Å²) in [6, 6.07) is 10.7. The topological polar surface area (TPSA) is 3.24 Å². The molecule has 2 aromatic rings. The van der Waals surface area contributed by atoms with Crippen LogP contribution >= 0.6 is 0 Å². The van der Waals surface area contributed by atoms with Gasteiger partial charge in [-0.2, -0.15) is 0 Å². The van der Waals surface area contributed by atoms with Crippen LogP contribution in [-0.4, -0.2) is 7.05 Å². The van der Waals surface area contributed by atoms with E-state index in [4.69, 9.17) is 0 Å². The van der Waals surface area contributed by atoms with E-state index in [9.17, 15) is 4.39 Å². The van der Waals surface area contributed by atoms with E-state index in [1.807, 2.05) is 46.8 Å². The van der Waals surface area contributed by atoms with Crippen molar-refractivity contribution in [2.75, 3.05) is 11.9 Å². The second kappa shape index (κ2) is 11.8. The standard InChI is InChI=1S/C28H34FN.2C2H6.CH4/c1-6-8-19-15-23-25(16-18(19)7-2)30(5)28(4,22-11-12-24(29)17(3)13-22)27-21-10-9-20(14-21)26(23)27;2*1-2;/h7,11-13,15-16,20-21,26-27H,2,6,8-10,14H2,1,3-5H3;2*1-2H3;1H4. The zero-order valence-electron chi connectivity index (χ0n) is 22.8. The molecule has 1 nitrogen and oxygen atoms in total. The minimum Gasteiger partial charge on any atom is -0.365 e. The van der Waals surface area contributed by atoms with E-state index >= 15 is 0 Å². The first-order chi connectivity index (χ1) is 16.4. The zero-order valence-corrected chi connectivity index (χ0v) is 22.8. The molecule has 2 fully saturated rings. The molecule has 0 saturated heterocycles. The van der Waals surface area contributed by atoms with Gasteiger partial charge in [-0.05, 0) is 103 Å². The first-order valence-electron chi connectivity index (χ1n) is 13.7. The molecule has 2 heteroatoms. The van der Waals surface area contributed by atoms with Gasteiger partial charge >= 0.3 is 0 Å². The van der Waals surface area contributed by atoms with Gasteiger partial charge in [0.2, 0.25) is 0 Å². The summed E-state index contributed by atoms with van der Waals surface area (Å²) in [5, 5.41) is 0. The second-order valence-corrected chi connectivity index (χ2v) is 10.1. The molecule has 5 unspecified atom stereocenters. The fourth-order valence-corrected chi connectivity index (χ4v) is 7.27. The van der Waals surface area contributed by atoms with Crippen molar-refractivity contribution < 1.29 is 4.39 Å². The highest BCUT2D eigenvalue weighted by Crippen LogP contribution is 2.67. The molecule has 2 bridgehead atoms. The number of hydrogen-bond acceptors (Lipinski definition) is 1. The van der Waals surface area contributed by atoms with Crippen molar-refractivity contribution in [1.82, 2.24) is 0 Å². The molecule has 2 saturated carbocycles. The normalized spacial score (nSPS) is 27.4. The van der Waals surface area contributed by atoms with Crippen LogP contribution in [0.5, 0.6) is 0 Å². The quantitative estimate of drug-likeness (QED) is 0.421. The van der Waals surface area contributed by atoms with E-state index in [0.29, 0.717) is 11.8 Å². The van der Waals surface area contributed by atoms with Gasteiger partial charge in [0.05, 0.1) is 5.54 Å². The van der Waals surface area contributed by atoms with E-state index < -0.39 is 0 Å². The second-order valence-electron chi connectivity index (χ2n) is 10.1. The lowest BCUT2D eigenvalue weighted by atomic mass is 9.60. The number of rotatable bonds is 4. The molecule has 0 aromatic heterocycles. The Morgan fingerprint density at radius 2 is 1.74 bits per heavy atom. The molecular weight excluding hydrogens is 429 g/mol. The summed E-state index contributed by atoms with van der Waals surface area (Å²) in [5.74, 6) is 2.64. The zero-order chi connectivity index (χ0) is 25.2. The smallest absolute Gasteiger partial charge is 0.126 e. The van der Waals surface area contributed by atoms with Crippen LogP contribution in [0.1, 0.15) is 108 Å². The van der Waals surface area contributed by atoms with Crippen LogP contribution in [0.25, 0.3) is 6.08 Å². The average molecular weight is 480 g/mol. The number of fused-ring (bicyclic) bond motifs is 7. The summed E-state index contributed by atoms with van der Waals surface area (Å²) in [5.41, 5.74) is 7.50. The summed E-state index contributed by atoms with van der Waals surface area (Å²) in [6.45, 7) is 18.7. The van der Waals surface area contributed by atoms with E-state index in [-0.39, 0.29) is 18.8 Å². The lowest BCUT2D eigenvalue weighted by Gasteiger charge is -2.56. The molecule has 5 atom stereocenters. The SMILES string of the molecule is C.C=Cc1cc2c(cc1CCC)C1C3CCC(C3)C1C(C)(c1ccc(F)c(C)c1)N2C.CC.CC. The Balaban J connectivity index is 0.000000823. The van der Waals surface area contributed by atoms with Crippen LogP contribution in [0.4, 0.5) is 10.1 Å². The molecule has 0 spiro atoms. The van der Waals surface area contributed by atoms with Crippen LogP contribution < -0.4 is 4.90 Å². The molecule has 0 N–H and O–H groups in total. The number of anilines is 1. The van der Waals surface area contributed by atoms with Gasteiger partial charge in [0, 0.05) is 12.7 Å². The van der Waals surface area contributed by atoms with E-state index in [0.717, 1.165) is 30.2 Å². The summed E-state index contributed by atoms with van der Waals surface area (Å²) >= 11 is 0. The molecule has 1 aliphatic heterocycles. The van der Waals surface area contributed by atoms with Crippen molar-refractivity contribution in [2.24, 2.45) is 17.8 Å². The Morgan fingerprint density at radius 3 is 2.34 bits per heavy atom. The molecule has 5 rings (SSSR count). The minimum absolute atomic E-state index is 0. The highest BCUT2D eigenvalue weighted by Gasteiger charge is 2.60. The highest BCUT2D eigenvalue weighted by atomic mass is 19.1. The fraction of sp³-hybridized carbons (Fsp3) is 0.576. The monoisotopic (exact) mass is 479 g/mol. The van der Waals surface area contributed by atoms with Gasteiger partial charge < -0.3 is 4.90 Å². The average Bonchev–Trinajstić information content (AvgIpc) is 3.49. The first kappa shape index (κ1) is 29.1. The largest absolute Gasteiger partial charge is 0.365 e. The Labute approximate surface area is 215 Å². The Hall–Kier alpha value is -2.09. The van der Waals surface area contributed by atoms with Crippen molar-refractivity contribution in [3.05, 3.63) is 70.5 Å². The van der Waals surface area contributed by atoms with Crippen LogP contribution in [0.3, 0.4) is 0 Å². The van der Waals surface area contributed by atoms with E-state index in [1.165, 1.54) is 41.6 Å². The lowest BCUT2D eigenvalue weighted by molar-refractivity contribution is 0.157. The number of benzene rings is 2. The van der Waals surface area contributed by atoms with Crippen molar-refractivity contribution >= 4 is 11.8 Å². The maximum Gasteiger partial charge on any atom is 0.126 e. The molecule has 1 heterocycles. The van der Waals surface area contributed by atoms with E-state index in [1.54, 1.807) is 11.6 Å². The molecule has 194 valence electrons. The van der Waals surface area contributed by atoms with Gasteiger partial charge in [-0.25, -0.2) is 4.39 Å². The van der Waals surface area contributed by atoms with Crippen LogP contribution in [0.2, 0.25) is 0 Å². The number of aryl methyl sites for hydroxylation is 2. The molecule has 0 radical (unpaired) electrons. The van der Waals surface area contributed by atoms with Crippen molar-refractivity contribution in [2.45, 2.75) is 99.5 Å². The maximum absolute atomic E-state index is 14.1. The molecule has 3 aliphatic rings. The van der Waals surface area contributed by atoms with E-state index in [2.05, 4.69) is 50.6 Å². The van der Waals surface area contributed by atoms with Gasteiger partial charge in [-0.3, -0.25) is 0 Å². The maximum atomic E-state index is 14.1. The number of halogens is 1. The number of hydrogen-bond donors (Lipinski definition) is 0. The molecular formula is C33H50FN. The highest BCUT2D eigenvalue weighted by molar-refractivity contribution is 5.69. The van der Waals surface area contributed by atoms with Crippen molar-refractivity contribution in [1.29, 1.82) is 0 Å².